The van der Waals surface area contributed by atoms with Crippen molar-refractivity contribution in [1.82, 2.24) is 14.9 Å². The molecule has 110 valence electrons. The molecule has 1 aromatic carbocycles. The average molecular weight is 285 g/mol. The molecule has 0 radical (unpaired) electrons. The Labute approximate surface area is 124 Å². The highest BCUT2D eigenvalue weighted by molar-refractivity contribution is 5.81. The van der Waals surface area contributed by atoms with Gasteiger partial charge in [-0.05, 0) is 18.9 Å². The number of carbonyl (C=O) groups excluding carboxylic acids is 1. The number of imidazole rings is 1. The Balaban J connectivity index is 1.98. The molecule has 0 aliphatic heterocycles. The molecule has 1 N–H and O–H groups in total. The zero-order valence-corrected chi connectivity index (χ0v) is 12.2. The van der Waals surface area contributed by atoms with Gasteiger partial charge in [0.25, 0.3) is 0 Å². The molecule has 1 aromatic heterocycles. The number of methoxy groups -OCH3 is 1. The van der Waals surface area contributed by atoms with E-state index < -0.39 is 0 Å². The highest BCUT2D eigenvalue weighted by atomic mass is 16.5. The maximum Gasteiger partial charge on any atom is 0.223 e. The summed E-state index contributed by atoms with van der Waals surface area (Å²) in [6, 6.07) is 7.42. The minimum atomic E-state index is -0.297. The number of carbonyl (C=O) groups is 1. The number of rotatable bonds is 5. The molecule has 1 heterocycles. The van der Waals surface area contributed by atoms with E-state index in [-0.39, 0.29) is 17.9 Å². The molecule has 1 amide bonds. The van der Waals surface area contributed by atoms with Gasteiger partial charge >= 0.3 is 0 Å². The summed E-state index contributed by atoms with van der Waals surface area (Å²) < 4.78 is 7.35. The summed E-state index contributed by atoms with van der Waals surface area (Å²) in [5, 5.41) is 3.11. The molecule has 1 unspecified atom stereocenters. The van der Waals surface area contributed by atoms with Crippen LogP contribution in [-0.4, -0.2) is 22.6 Å². The lowest BCUT2D eigenvalue weighted by atomic mass is 10.0. The van der Waals surface area contributed by atoms with Gasteiger partial charge in [-0.2, -0.15) is 0 Å². The Hall–Kier alpha value is -2.30. The molecule has 0 saturated heterocycles. The summed E-state index contributed by atoms with van der Waals surface area (Å²) in [5.74, 6) is 1.80. The van der Waals surface area contributed by atoms with Crippen molar-refractivity contribution in [3.05, 3.63) is 48.0 Å². The summed E-state index contributed by atoms with van der Waals surface area (Å²) in [6.45, 7) is 0. The third kappa shape index (κ3) is 2.77. The van der Waals surface area contributed by atoms with Crippen LogP contribution in [0.3, 0.4) is 0 Å². The Morgan fingerprint density at radius 1 is 1.43 bits per heavy atom. The van der Waals surface area contributed by atoms with Crippen molar-refractivity contribution >= 4 is 5.91 Å². The highest BCUT2D eigenvalue weighted by Crippen LogP contribution is 2.33. The number of aryl methyl sites for hydroxylation is 1. The Morgan fingerprint density at radius 3 is 2.81 bits per heavy atom. The van der Waals surface area contributed by atoms with Crippen molar-refractivity contribution in [2.24, 2.45) is 13.0 Å². The molecule has 0 bridgehead atoms. The number of para-hydroxylation sites is 1. The molecule has 2 aromatic rings. The largest absolute Gasteiger partial charge is 0.496 e. The van der Waals surface area contributed by atoms with Crippen LogP contribution < -0.4 is 10.1 Å². The standard InChI is InChI=1S/C16H19N3O2/c1-19-10-9-17-15(19)14(18-16(20)11-7-8-11)12-5-3-4-6-13(12)21-2/h3-6,9-11,14H,7-8H2,1-2H3,(H,18,20). The van der Waals surface area contributed by atoms with Gasteiger partial charge < -0.3 is 14.6 Å². The van der Waals surface area contributed by atoms with Gasteiger partial charge in [-0.1, -0.05) is 18.2 Å². The summed E-state index contributed by atoms with van der Waals surface area (Å²) in [7, 11) is 3.56. The minimum absolute atomic E-state index is 0.0916. The van der Waals surface area contributed by atoms with E-state index in [2.05, 4.69) is 10.3 Å². The van der Waals surface area contributed by atoms with Gasteiger partial charge in [0.05, 0.1) is 7.11 Å². The SMILES string of the molecule is COc1ccccc1C(NC(=O)C1CC1)c1nccn1C. The zero-order chi connectivity index (χ0) is 14.8. The molecular formula is C16H19N3O2. The van der Waals surface area contributed by atoms with Crippen LogP contribution in [0.2, 0.25) is 0 Å². The maximum atomic E-state index is 12.2. The zero-order valence-electron chi connectivity index (χ0n) is 12.2. The van der Waals surface area contributed by atoms with Crippen molar-refractivity contribution in [1.29, 1.82) is 0 Å². The molecule has 1 atom stereocenters. The second kappa shape index (κ2) is 5.60. The van der Waals surface area contributed by atoms with Gasteiger partial charge in [0, 0.05) is 30.9 Å². The third-order valence-corrected chi connectivity index (χ3v) is 3.80. The predicted octanol–water partition coefficient (Wildman–Crippen LogP) is 2.04. The summed E-state index contributed by atoms with van der Waals surface area (Å²) in [4.78, 5) is 16.6. The topological polar surface area (TPSA) is 56.1 Å². The normalized spacial score (nSPS) is 15.5. The predicted molar refractivity (Wildman–Crippen MR) is 78.9 cm³/mol. The number of nitrogens with one attached hydrogen (secondary N) is 1. The fourth-order valence-corrected chi connectivity index (χ4v) is 2.45. The van der Waals surface area contributed by atoms with E-state index in [1.807, 2.05) is 42.1 Å². The van der Waals surface area contributed by atoms with E-state index in [1.54, 1.807) is 13.3 Å². The van der Waals surface area contributed by atoms with E-state index in [0.717, 1.165) is 30.0 Å². The van der Waals surface area contributed by atoms with Crippen molar-refractivity contribution in [3.8, 4) is 5.75 Å². The van der Waals surface area contributed by atoms with Crippen molar-refractivity contribution < 1.29 is 9.53 Å². The first-order chi connectivity index (χ1) is 10.2. The lowest BCUT2D eigenvalue weighted by molar-refractivity contribution is -0.122. The first-order valence-corrected chi connectivity index (χ1v) is 7.11. The molecule has 0 spiro atoms. The van der Waals surface area contributed by atoms with Crippen LogP contribution in [0.1, 0.15) is 30.3 Å². The highest BCUT2D eigenvalue weighted by Gasteiger charge is 2.33. The van der Waals surface area contributed by atoms with E-state index >= 15 is 0 Å². The second-order valence-electron chi connectivity index (χ2n) is 5.35. The number of benzene rings is 1. The van der Waals surface area contributed by atoms with Crippen LogP contribution in [0.15, 0.2) is 36.7 Å². The smallest absolute Gasteiger partial charge is 0.223 e. The van der Waals surface area contributed by atoms with E-state index in [0.29, 0.717) is 0 Å². The van der Waals surface area contributed by atoms with Gasteiger partial charge in [-0.3, -0.25) is 4.79 Å². The first-order valence-electron chi connectivity index (χ1n) is 7.11. The molecule has 1 fully saturated rings. The summed E-state index contributed by atoms with van der Waals surface area (Å²) in [5.41, 5.74) is 0.920. The molecule has 3 rings (SSSR count). The quantitative estimate of drug-likeness (QED) is 0.914. The monoisotopic (exact) mass is 285 g/mol. The average Bonchev–Trinajstić information content (AvgIpc) is 3.27. The number of hydrogen-bond acceptors (Lipinski definition) is 3. The molecule has 5 heteroatoms. The van der Waals surface area contributed by atoms with Gasteiger partial charge in [0.15, 0.2) is 0 Å². The van der Waals surface area contributed by atoms with Crippen LogP contribution in [0.5, 0.6) is 5.75 Å². The van der Waals surface area contributed by atoms with Gasteiger partial charge in [0.1, 0.15) is 17.6 Å². The fourth-order valence-electron chi connectivity index (χ4n) is 2.45. The molecule has 5 nitrogen and oxygen atoms in total. The molecule has 1 aliphatic rings. The van der Waals surface area contributed by atoms with Gasteiger partial charge in [0.2, 0.25) is 5.91 Å². The fraction of sp³-hybridized carbons (Fsp3) is 0.375. The number of amides is 1. The third-order valence-electron chi connectivity index (χ3n) is 3.80. The lowest BCUT2D eigenvalue weighted by Crippen LogP contribution is -2.32. The maximum absolute atomic E-state index is 12.2. The Morgan fingerprint density at radius 2 is 2.19 bits per heavy atom. The van der Waals surface area contributed by atoms with Gasteiger partial charge in [-0.15, -0.1) is 0 Å². The lowest BCUT2D eigenvalue weighted by Gasteiger charge is -2.21. The van der Waals surface area contributed by atoms with Crippen LogP contribution in [0.4, 0.5) is 0 Å². The molecule has 1 aliphatic carbocycles. The van der Waals surface area contributed by atoms with E-state index in [4.69, 9.17) is 4.74 Å². The Kier molecular flexibility index (Phi) is 3.64. The molecular weight excluding hydrogens is 266 g/mol. The number of ether oxygens (including phenoxy) is 1. The number of nitrogens with zero attached hydrogens (tertiary/aromatic N) is 2. The van der Waals surface area contributed by atoms with Crippen LogP contribution in [0, 0.1) is 5.92 Å². The van der Waals surface area contributed by atoms with Crippen LogP contribution in [-0.2, 0) is 11.8 Å². The summed E-state index contributed by atoms with van der Waals surface area (Å²) in [6.07, 6.45) is 5.57. The van der Waals surface area contributed by atoms with Crippen LogP contribution in [0.25, 0.3) is 0 Å². The van der Waals surface area contributed by atoms with Crippen molar-refractivity contribution in [3.63, 3.8) is 0 Å². The molecule has 21 heavy (non-hydrogen) atoms. The van der Waals surface area contributed by atoms with Gasteiger partial charge in [-0.25, -0.2) is 4.98 Å². The van der Waals surface area contributed by atoms with Crippen molar-refractivity contribution in [2.45, 2.75) is 18.9 Å². The first kappa shape index (κ1) is 13.7. The van der Waals surface area contributed by atoms with Crippen molar-refractivity contribution in [2.75, 3.05) is 7.11 Å². The van der Waals surface area contributed by atoms with Crippen LogP contribution >= 0.6 is 0 Å². The van der Waals surface area contributed by atoms with E-state index in [1.165, 1.54) is 0 Å². The second-order valence-corrected chi connectivity index (χ2v) is 5.35. The molecule has 1 saturated carbocycles. The number of hydrogen-bond donors (Lipinski definition) is 1. The van der Waals surface area contributed by atoms with E-state index in [9.17, 15) is 4.79 Å². The number of aromatic nitrogens is 2. The summed E-state index contributed by atoms with van der Waals surface area (Å²) >= 11 is 0. The minimum Gasteiger partial charge on any atom is -0.496 e. The Bertz CT molecular complexity index is 646.